The number of amides is 1. The normalized spacial score (nSPS) is 10.8. The third kappa shape index (κ3) is 5.39. The van der Waals surface area contributed by atoms with E-state index in [-0.39, 0.29) is 18.9 Å². The molecule has 0 saturated carbocycles. The Balaban J connectivity index is 1.61. The summed E-state index contributed by atoms with van der Waals surface area (Å²) in [5.74, 6) is 1.52. The molecule has 0 atom stereocenters. The molecule has 1 aromatic heterocycles. The Morgan fingerprint density at radius 1 is 1.13 bits per heavy atom. The molecule has 0 bridgehead atoms. The predicted octanol–water partition coefficient (Wildman–Crippen LogP) is 5.21. The SMILES string of the molecule is CCCN(Cc1nnc(-c2ccccc2Cl)o1)C(=O)CCOc1cccc(C)c1C. The Hall–Kier alpha value is -2.86. The minimum atomic E-state index is -0.0142. The standard InChI is InChI=1S/C23H26ClN3O3/c1-4-13-27(22(28)12-14-29-20-11-7-8-16(2)17(20)3)15-21-25-26-23(30-21)18-9-5-6-10-19(18)24/h5-11H,4,12-15H2,1-3H3. The number of benzene rings is 2. The third-order valence-corrected chi connectivity index (χ3v) is 5.20. The molecule has 0 aliphatic rings. The second-order valence-corrected chi connectivity index (χ2v) is 7.50. The summed E-state index contributed by atoms with van der Waals surface area (Å²) >= 11 is 6.20. The summed E-state index contributed by atoms with van der Waals surface area (Å²) in [5, 5.41) is 8.70. The lowest BCUT2D eigenvalue weighted by Gasteiger charge is -2.20. The number of aromatic nitrogens is 2. The highest BCUT2D eigenvalue weighted by atomic mass is 35.5. The zero-order chi connectivity index (χ0) is 21.5. The van der Waals surface area contributed by atoms with E-state index in [1.807, 2.05) is 57.2 Å². The van der Waals surface area contributed by atoms with E-state index in [4.69, 9.17) is 20.8 Å². The van der Waals surface area contributed by atoms with E-state index >= 15 is 0 Å². The molecule has 1 heterocycles. The first-order chi connectivity index (χ1) is 14.5. The number of carbonyl (C=O) groups is 1. The fourth-order valence-corrected chi connectivity index (χ4v) is 3.29. The van der Waals surface area contributed by atoms with Crippen molar-refractivity contribution in [2.24, 2.45) is 0 Å². The van der Waals surface area contributed by atoms with Crippen molar-refractivity contribution in [3.8, 4) is 17.2 Å². The molecular weight excluding hydrogens is 402 g/mol. The summed E-state index contributed by atoms with van der Waals surface area (Å²) in [6.07, 6.45) is 1.11. The maximum Gasteiger partial charge on any atom is 0.249 e. The smallest absolute Gasteiger partial charge is 0.249 e. The van der Waals surface area contributed by atoms with Gasteiger partial charge >= 0.3 is 0 Å². The molecule has 0 aliphatic heterocycles. The number of aryl methyl sites for hydroxylation is 1. The van der Waals surface area contributed by atoms with Gasteiger partial charge in [-0.3, -0.25) is 4.79 Å². The van der Waals surface area contributed by atoms with Gasteiger partial charge < -0.3 is 14.1 Å². The average Bonchev–Trinajstić information content (AvgIpc) is 3.19. The van der Waals surface area contributed by atoms with Crippen LogP contribution < -0.4 is 4.74 Å². The molecule has 158 valence electrons. The van der Waals surface area contributed by atoms with E-state index in [0.29, 0.717) is 35.5 Å². The summed E-state index contributed by atoms with van der Waals surface area (Å²) in [7, 11) is 0. The summed E-state index contributed by atoms with van der Waals surface area (Å²) in [6, 6.07) is 13.2. The van der Waals surface area contributed by atoms with Crippen molar-refractivity contribution in [1.82, 2.24) is 15.1 Å². The van der Waals surface area contributed by atoms with Crippen molar-refractivity contribution in [2.75, 3.05) is 13.2 Å². The highest BCUT2D eigenvalue weighted by molar-refractivity contribution is 6.33. The molecule has 2 aromatic carbocycles. The van der Waals surface area contributed by atoms with Crippen LogP contribution in [0.1, 0.15) is 36.8 Å². The number of carbonyl (C=O) groups excluding carboxylic acids is 1. The number of nitrogens with zero attached hydrogens (tertiary/aromatic N) is 3. The van der Waals surface area contributed by atoms with Crippen LogP contribution in [0.3, 0.4) is 0 Å². The second kappa shape index (κ2) is 10.3. The maximum absolute atomic E-state index is 12.7. The Bertz CT molecular complexity index is 1000. The Kier molecular flexibility index (Phi) is 7.46. The van der Waals surface area contributed by atoms with E-state index in [1.54, 1.807) is 11.0 Å². The van der Waals surface area contributed by atoms with E-state index in [0.717, 1.165) is 23.3 Å². The maximum atomic E-state index is 12.7. The van der Waals surface area contributed by atoms with Crippen LogP contribution in [0, 0.1) is 13.8 Å². The first-order valence-corrected chi connectivity index (χ1v) is 10.4. The lowest BCUT2D eigenvalue weighted by Crippen LogP contribution is -2.32. The van der Waals surface area contributed by atoms with Crippen molar-refractivity contribution in [3.63, 3.8) is 0 Å². The van der Waals surface area contributed by atoms with Crippen molar-refractivity contribution >= 4 is 17.5 Å². The van der Waals surface area contributed by atoms with Crippen LogP contribution in [0.2, 0.25) is 5.02 Å². The fourth-order valence-electron chi connectivity index (χ4n) is 3.07. The molecule has 0 aliphatic carbocycles. The monoisotopic (exact) mass is 427 g/mol. The van der Waals surface area contributed by atoms with Gasteiger partial charge in [0, 0.05) is 6.54 Å². The number of hydrogen-bond donors (Lipinski definition) is 0. The van der Waals surface area contributed by atoms with Crippen LogP contribution >= 0.6 is 11.6 Å². The first-order valence-electron chi connectivity index (χ1n) is 10.0. The molecule has 0 saturated heterocycles. The van der Waals surface area contributed by atoms with Crippen molar-refractivity contribution in [2.45, 2.75) is 40.2 Å². The predicted molar refractivity (Wildman–Crippen MR) is 116 cm³/mol. The van der Waals surface area contributed by atoms with Crippen molar-refractivity contribution < 1.29 is 13.9 Å². The zero-order valence-electron chi connectivity index (χ0n) is 17.5. The van der Waals surface area contributed by atoms with Gasteiger partial charge in [0.05, 0.1) is 30.2 Å². The number of halogens is 1. The van der Waals surface area contributed by atoms with E-state index in [2.05, 4.69) is 10.2 Å². The summed E-state index contributed by atoms with van der Waals surface area (Å²) in [4.78, 5) is 14.5. The van der Waals surface area contributed by atoms with Crippen molar-refractivity contribution in [1.29, 1.82) is 0 Å². The third-order valence-electron chi connectivity index (χ3n) is 4.87. The fraction of sp³-hybridized carbons (Fsp3) is 0.348. The summed E-state index contributed by atoms with van der Waals surface area (Å²) in [6.45, 7) is 7.26. The van der Waals surface area contributed by atoms with Crippen LogP contribution in [0.4, 0.5) is 0 Å². The average molecular weight is 428 g/mol. The molecule has 7 heteroatoms. The largest absolute Gasteiger partial charge is 0.493 e. The van der Waals surface area contributed by atoms with Crippen LogP contribution in [-0.2, 0) is 11.3 Å². The van der Waals surface area contributed by atoms with Gasteiger partial charge in [-0.25, -0.2) is 0 Å². The highest BCUT2D eigenvalue weighted by Crippen LogP contribution is 2.26. The molecule has 6 nitrogen and oxygen atoms in total. The number of hydrogen-bond acceptors (Lipinski definition) is 5. The second-order valence-electron chi connectivity index (χ2n) is 7.09. The molecule has 0 radical (unpaired) electrons. The lowest BCUT2D eigenvalue weighted by molar-refractivity contribution is -0.132. The van der Waals surface area contributed by atoms with Gasteiger partial charge in [0.2, 0.25) is 17.7 Å². The molecule has 0 spiro atoms. The molecule has 3 rings (SSSR count). The Labute approximate surface area is 181 Å². The molecule has 0 N–H and O–H groups in total. The van der Waals surface area contributed by atoms with E-state index in [9.17, 15) is 4.79 Å². The Morgan fingerprint density at radius 3 is 2.70 bits per heavy atom. The van der Waals surface area contributed by atoms with Gasteiger partial charge in [-0.15, -0.1) is 10.2 Å². The molecule has 3 aromatic rings. The van der Waals surface area contributed by atoms with Gasteiger partial charge in [0.25, 0.3) is 0 Å². The van der Waals surface area contributed by atoms with Crippen LogP contribution in [0.15, 0.2) is 46.9 Å². The van der Waals surface area contributed by atoms with Gasteiger partial charge in [-0.2, -0.15) is 0 Å². The first kappa shape index (κ1) is 21.8. The molecule has 1 amide bonds. The van der Waals surface area contributed by atoms with E-state index < -0.39 is 0 Å². The zero-order valence-corrected chi connectivity index (χ0v) is 18.3. The van der Waals surface area contributed by atoms with Gasteiger partial charge in [0.15, 0.2) is 0 Å². The van der Waals surface area contributed by atoms with Crippen LogP contribution in [0.5, 0.6) is 5.75 Å². The van der Waals surface area contributed by atoms with Gasteiger partial charge in [0.1, 0.15) is 5.75 Å². The summed E-state index contributed by atoms with van der Waals surface area (Å²) < 4.78 is 11.6. The minimum absolute atomic E-state index is 0.0142. The van der Waals surface area contributed by atoms with Gasteiger partial charge in [-0.05, 0) is 49.6 Å². The van der Waals surface area contributed by atoms with Gasteiger partial charge in [-0.1, -0.05) is 42.8 Å². The highest BCUT2D eigenvalue weighted by Gasteiger charge is 2.18. The van der Waals surface area contributed by atoms with Crippen molar-refractivity contribution in [3.05, 3.63) is 64.5 Å². The summed E-state index contributed by atoms with van der Waals surface area (Å²) in [5.41, 5.74) is 2.93. The van der Waals surface area contributed by atoms with Crippen LogP contribution in [0.25, 0.3) is 11.5 Å². The molecule has 0 unspecified atom stereocenters. The quantitative estimate of drug-likeness (QED) is 0.468. The van der Waals surface area contributed by atoms with Crippen LogP contribution in [-0.4, -0.2) is 34.2 Å². The number of rotatable bonds is 9. The molecule has 0 fully saturated rings. The Morgan fingerprint density at radius 2 is 1.93 bits per heavy atom. The molecular formula is C23H26ClN3O3. The minimum Gasteiger partial charge on any atom is -0.493 e. The number of ether oxygens (including phenoxy) is 1. The molecule has 30 heavy (non-hydrogen) atoms. The lowest BCUT2D eigenvalue weighted by atomic mass is 10.1. The van der Waals surface area contributed by atoms with E-state index in [1.165, 1.54) is 0 Å². The topological polar surface area (TPSA) is 68.5 Å².